The molecule has 10 aromatic carbocycles. The predicted molar refractivity (Wildman–Crippen MR) is 232 cm³/mol. The second-order valence-corrected chi connectivity index (χ2v) is 15.4. The second kappa shape index (κ2) is 11.7. The first-order valence-electron chi connectivity index (χ1n) is 18.9. The number of benzene rings is 10. The maximum Gasteiger partial charge on any atom is 0.0468 e. The van der Waals surface area contributed by atoms with E-state index in [9.17, 15) is 0 Å². The summed E-state index contributed by atoms with van der Waals surface area (Å²) >= 11 is 0. The average molecular weight is 688 g/mol. The molecule has 0 unspecified atom stereocenters. The number of hydrogen-bond acceptors (Lipinski definition) is 1. The number of anilines is 3. The summed E-state index contributed by atoms with van der Waals surface area (Å²) in [5, 5.41) is 12.7. The third kappa shape index (κ3) is 4.72. The molecule has 0 saturated carbocycles. The molecule has 1 aliphatic rings. The van der Waals surface area contributed by atoms with Gasteiger partial charge in [0, 0.05) is 22.5 Å². The van der Waals surface area contributed by atoms with E-state index in [1.165, 1.54) is 87.2 Å². The molecule has 0 spiro atoms. The average Bonchev–Trinajstić information content (AvgIpc) is 3.46. The van der Waals surface area contributed by atoms with Crippen molar-refractivity contribution in [1.82, 2.24) is 0 Å². The Morgan fingerprint density at radius 2 is 0.667 bits per heavy atom. The van der Waals surface area contributed by atoms with E-state index >= 15 is 0 Å². The molecule has 0 saturated heterocycles. The van der Waals surface area contributed by atoms with Crippen LogP contribution in [-0.4, -0.2) is 0 Å². The van der Waals surface area contributed by atoms with Gasteiger partial charge < -0.3 is 4.90 Å². The molecular formula is C53H37N. The van der Waals surface area contributed by atoms with Crippen molar-refractivity contribution in [3.05, 3.63) is 199 Å². The summed E-state index contributed by atoms with van der Waals surface area (Å²) in [4.78, 5) is 2.41. The molecule has 0 heterocycles. The molecule has 0 N–H and O–H groups in total. The van der Waals surface area contributed by atoms with Gasteiger partial charge in [-0.2, -0.15) is 0 Å². The van der Waals surface area contributed by atoms with E-state index in [1.54, 1.807) is 0 Å². The first-order valence-corrected chi connectivity index (χ1v) is 18.9. The summed E-state index contributed by atoms with van der Waals surface area (Å²) in [5.41, 5.74) is 11.3. The van der Waals surface area contributed by atoms with Crippen molar-refractivity contribution in [3.8, 4) is 22.3 Å². The number of rotatable bonds is 4. The van der Waals surface area contributed by atoms with E-state index in [1.807, 2.05) is 0 Å². The van der Waals surface area contributed by atoms with Crippen LogP contribution in [0, 0.1) is 0 Å². The molecule has 0 aromatic heterocycles. The maximum atomic E-state index is 2.41. The van der Waals surface area contributed by atoms with Gasteiger partial charge in [-0.15, -0.1) is 0 Å². The van der Waals surface area contributed by atoms with E-state index in [-0.39, 0.29) is 5.41 Å². The molecule has 1 nitrogen and oxygen atoms in total. The summed E-state index contributed by atoms with van der Waals surface area (Å²) < 4.78 is 0. The van der Waals surface area contributed by atoms with Gasteiger partial charge in [0.15, 0.2) is 0 Å². The van der Waals surface area contributed by atoms with Gasteiger partial charge in [0.25, 0.3) is 0 Å². The van der Waals surface area contributed by atoms with Crippen LogP contribution in [0.15, 0.2) is 188 Å². The Kier molecular flexibility index (Phi) is 6.66. The van der Waals surface area contributed by atoms with Crippen molar-refractivity contribution in [2.24, 2.45) is 0 Å². The van der Waals surface area contributed by atoms with Gasteiger partial charge >= 0.3 is 0 Å². The van der Waals surface area contributed by atoms with Crippen LogP contribution in [0.1, 0.15) is 25.0 Å². The van der Waals surface area contributed by atoms with Crippen LogP contribution >= 0.6 is 0 Å². The lowest BCUT2D eigenvalue weighted by Crippen LogP contribution is -2.16. The van der Waals surface area contributed by atoms with Crippen molar-refractivity contribution in [1.29, 1.82) is 0 Å². The van der Waals surface area contributed by atoms with Crippen LogP contribution < -0.4 is 4.90 Å². The minimum absolute atomic E-state index is 0.175. The van der Waals surface area contributed by atoms with E-state index in [2.05, 4.69) is 207 Å². The normalized spacial score (nSPS) is 13.1. The van der Waals surface area contributed by atoms with Gasteiger partial charge in [-0.1, -0.05) is 153 Å². The first kappa shape index (κ1) is 30.9. The molecule has 1 aliphatic carbocycles. The Labute approximate surface area is 315 Å². The van der Waals surface area contributed by atoms with Gasteiger partial charge in [-0.05, 0) is 136 Å². The fourth-order valence-corrected chi connectivity index (χ4v) is 9.33. The quantitative estimate of drug-likeness (QED) is 0.178. The van der Waals surface area contributed by atoms with Crippen molar-refractivity contribution in [3.63, 3.8) is 0 Å². The summed E-state index contributed by atoms with van der Waals surface area (Å²) in [6.07, 6.45) is 0. The number of fused-ring (bicyclic) bond motifs is 10. The minimum Gasteiger partial charge on any atom is -0.310 e. The van der Waals surface area contributed by atoms with Gasteiger partial charge in [0.2, 0.25) is 0 Å². The summed E-state index contributed by atoms with van der Waals surface area (Å²) in [5.74, 6) is 0. The first-order chi connectivity index (χ1) is 26.5. The van der Waals surface area contributed by atoms with Crippen LogP contribution in [0.25, 0.3) is 76.1 Å². The lowest BCUT2D eigenvalue weighted by Gasteiger charge is -2.28. The van der Waals surface area contributed by atoms with Crippen molar-refractivity contribution < 1.29 is 0 Å². The van der Waals surface area contributed by atoms with Crippen LogP contribution in [-0.2, 0) is 5.41 Å². The molecule has 54 heavy (non-hydrogen) atoms. The van der Waals surface area contributed by atoms with E-state index in [0.717, 1.165) is 17.1 Å². The smallest absolute Gasteiger partial charge is 0.0468 e. The monoisotopic (exact) mass is 687 g/mol. The van der Waals surface area contributed by atoms with Crippen LogP contribution in [0.4, 0.5) is 17.1 Å². The van der Waals surface area contributed by atoms with Crippen molar-refractivity contribution in [2.45, 2.75) is 19.3 Å². The zero-order valence-electron chi connectivity index (χ0n) is 30.3. The predicted octanol–water partition coefficient (Wildman–Crippen LogP) is 14.9. The molecule has 0 amide bonds. The molecule has 0 atom stereocenters. The Balaban J connectivity index is 1.04. The largest absolute Gasteiger partial charge is 0.310 e. The maximum absolute atomic E-state index is 2.41. The molecule has 1 heteroatoms. The topological polar surface area (TPSA) is 3.24 Å². The zero-order valence-corrected chi connectivity index (χ0v) is 30.3. The van der Waals surface area contributed by atoms with E-state index < -0.39 is 0 Å². The lowest BCUT2D eigenvalue weighted by atomic mass is 9.78. The zero-order chi connectivity index (χ0) is 36.0. The molecule has 0 bridgehead atoms. The van der Waals surface area contributed by atoms with E-state index in [0.29, 0.717) is 0 Å². The number of nitrogens with zero attached hydrogens (tertiary/aromatic N) is 1. The summed E-state index contributed by atoms with van der Waals surface area (Å²) in [7, 11) is 0. The Hall–Kier alpha value is -6.70. The van der Waals surface area contributed by atoms with Gasteiger partial charge in [0.1, 0.15) is 0 Å². The van der Waals surface area contributed by atoms with Gasteiger partial charge in [-0.25, -0.2) is 0 Å². The highest BCUT2D eigenvalue weighted by Crippen LogP contribution is 2.54. The minimum atomic E-state index is -0.175. The fourth-order valence-electron chi connectivity index (χ4n) is 9.33. The highest BCUT2D eigenvalue weighted by atomic mass is 15.1. The molecule has 0 fully saturated rings. The van der Waals surface area contributed by atoms with Crippen LogP contribution in [0.3, 0.4) is 0 Å². The SMILES string of the molecule is CC1(C)c2c(ccc3cc(-c4ccc5ccccc5c4)ccc23)-c2ccc3cc(N(c4ccc5ccccc5c4)c4ccc5ccccc5c4)ccc3c21. The fraction of sp³-hybridized carbons (Fsp3) is 0.0566. The Bertz CT molecular complexity index is 3070. The van der Waals surface area contributed by atoms with Crippen molar-refractivity contribution >= 4 is 70.9 Å². The van der Waals surface area contributed by atoms with Gasteiger partial charge in [0.05, 0.1) is 0 Å². The highest BCUT2D eigenvalue weighted by Gasteiger charge is 2.38. The molecule has 0 aliphatic heterocycles. The Morgan fingerprint density at radius 3 is 1.20 bits per heavy atom. The summed E-state index contributed by atoms with van der Waals surface area (Å²) in [6, 6.07) is 69.7. The molecular weight excluding hydrogens is 651 g/mol. The summed E-state index contributed by atoms with van der Waals surface area (Å²) in [6.45, 7) is 4.83. The molecule has 254 valence electrons. The third-order valence-electron chi connectivity index (χ3n) is 11.9. The van der Waals surface area contributed by atoms with Crippen LogP contribution in [0.2, 0.25) is 0 Å². The lowest BCUT2D eigenvalue weighted by molar-refractivity contribution is 0.672. The van der Waals surface area contributed by atoms with Crippen LogP contribution in [0.5, 0.6) is 0 Å². The Morgan fingerprint density at radius 1 is 0.315 bits per heavy atom. The third-order valence-corrected chi connectivity index (χ3v) is 11.9. The van der Waals surface area contributed by atoms with E-state index in [4.69, 9.17) is 0 Å². The molecule has 11 rings (SSSR count). The second-order valence-electron chi connectivity index (χ2n) is 15.4. The highest BCUT2D eigenvalue weighted by molar-refractivity contribution is 6.05. The molecule has 10 aromatic rings. The van der Waals surface area contributed by atoms with Crippen molar-refractivity contribution in [2.75, 3.05) is 4.90 Å². The van der Waals surface area contributed by atoms with Gasteiger partial charge in [-0.3, -0.25) is 0 Å². The number of hydrogen-bond donors (Lipinski definition) is 0. The standard InChI is InChI=1S/C53H37N/c1-53(2)51-47-25-19-41(40-16-15-34-9-3-6-12-37(34)29-40)30-42(47)20-26-49(51)50-27-21-43-33-46(24-28-48(43)52(50)53)54(44-22-17-35-10-4-7-13-38(35)31-44)45-23-18-36-11-5-8-14-39(36)32-45/h3-33H,1-2H3. The molecule has 0 radical (unpaired) electrons.